The van der Waals surface area contributed by atoms with Gasteiger partial charge >= 0.3 is 5.97 Å². The van der Waals surface area contributed by atoms with Crippen LogP contribution in [-0.2, 0) is 17.7 Å². The summed E-state index contributed by atoms with van der Waals surface area (Å²) in [4.78, 5) is 23.5. The van der Waals surface area contributed by atoms with Crippen molar-refractivity contribution in [1.29, 1.82) is 0 Å². The first-order valence-corrected chi connectivity index (χ1v) is 10.4. The van der Waals surface area contributed by atoms with Gasteiger partial charge in [-0.1, -0.05) is 19.1 Å². The number of likely N-dealkylation sites (tertiary alicyclic amines) is 1. The molecule has 0 atom stereocenters. The van der Waals surface area contributed by atoms with Crippen LogP contribution in [0.15, 0.2) is 42.6 Å². The maximum atomic E-state index is 11.6. The second-order valence-corrected chi connectivity index (χ2v) is 7.69. The predicted octanol–water partition coefficient (Wildman–Crippen LogP) is 4.01. The molecule has 0 bridgehead atoms. The molecule has 4 rings (SSSR count). The third kappa shape index (κ3) is 4.17. The molecule has 3 heterocycles. The topological polar surface area (TPSA) is 60.2 Å². The fourth-order valence-electron chi connectivity index (χ4n) is 4.22. The zero-order valence-electron chi connectivity index (χ0n) is 17.2. The van der Waals surface area contributed by atoms with Gasteiger partial charge in [-0.05, 0) is 49.1 Å². The fraction of sp³-hybridized carbons (Fsp3) is 0.435. The van der Waals surface area contributed by atoms with Gasteiger partial charge in [0.25, 0.3) is 0 Å². The fourth-order valence-corrected chi connectivity index (χ4v) is 4.22. The van der Waals surface area contributed by atoms with E-state index in [1.807, 2.05) is 36.5 Å². The Balaban J connectivity index is 1.43. The van der Waals surface area contributed by atoms with Crippen LogP contribution in [0.1, 0.15) is 54.0 Å². The van der Waals surface area contributed by atoms with Crippen molar-refractivity contribution >= 4 is 17.1 Å². The van der Waals surface area contributed by atoms with Gasteiger partial charge in [-0.2, -0.15) is 0 Å². The molecule has 0 aliphatic carbocycles. The number of hydrogen-bond donors (Lipinski definition) is 0. The first-order valence-electron chi connectivity index (χ1n) is 10.4. The van der Waals surface area contributed by atoms with Crippen molar-refractivity contribution in [2.24, 2.45) is 0 Å². The number of ether oxygens (including phenoxy) is 1. The third-order valence-electron chi connectivity index (χ3n) is 5.70. The molecule has 0 N–H and O–H groups in total. The molecule has 0 spiro atoms. The Hall–Kier alpha value is -2.73. The van der Waals surface area contributed by atoms with Crippen molar-refractivity contribution in [2.75, 3.05) is 20.2 Å². The summed E-state index contributed by atoms with van der Waals surface area (Å²) in [6.45, 7) is 5.19. The van der Waals surface area contributed by atoms with Crippen LogP contribution in [0.5, 0.6) is 0 Å². The number of piperidine rings is 1. The van der Waals surface area contributed by atoms with Crippen molar-refractivity contribution in [3.63, 3.8) is 0 Å². The molecular weight excluding hydrogens is 364 g/mol. The maximum absolute atomic E-state index is 11.6. The first kappa shape index (κ1) is 19.6. The minimum Gasteiger partial charge on any atom is -0.465 e. The summed E-state index contributed by atoms with van der Waals surface area (Å²) >= 11 is 0. The van der Waals surface area contributed by atoms with Crippen LogP contribution < -0.4 is 0 Å². The van der Waals surface area contributed by atoms with E-state index in [1.165, 1.54) is 12.7 Å². The summed E-state index contributed by atoms with van der Waals surface area (Å²) in [5.74, 6) is 0.875. The summed E-state index contributed by atoms with van der Waals surface area (Å²) in [6.07, 6.45) is 6.13. The first-order chi connectivity index (χ1) is 14.2. The summed E-state index contributed by atoms with van der Waals surface area (Å²) in [5.41, 5.74) is 3.84. The molecule has 3 aromatic rings. The zero-order valence-corrected chi connectivity index (χ0v) is 17.2. The number of aromatic nitrogens is 3. The molecule has 1 saturated heterocycles. The van der Waals surface area contributed by atoms with Crippen LogP contribution in [-0.4, -0.2) is 45.6 Å². The molecule has 6 heteroatoms. The van der Waals surface area contributed by atoms with E-state index in [9.17, 15) is 4.79 Å². The maximum Gasteiger partial charge on any atom is 0.337 e. The van der Waals surface area contributed by atoms with Gasteiger partial charge in [0.05, 0.1) is 12.7 Å². The number of pyridine rings is 1. The Kier molecular flexibility index (Phi) is 5.90. The molecule has 2 aromatic heterocycles. The standard InChI is InChI=1S/C23H28N4O2/c1-3-5-21-25-20-6-4-13-24-22(20)27(21)19-11-14-26(15-12-19)16-17-7-9-18(10-8-17)23(28)29-2/h4,6-10,13,19H,3,5,11-12,14-16H2,1-2H3. The van der Waals surface area contributed by atoms with Crippen LogP contribution >= 0.6 is 0 Å². The van der Waals surface area contributed by atoms with Gasteiger partial charge in [-0.3, -0.25) is 4.90 Å². The SMILES string of the molecule is CCCc1nc2cccnc2n1C1CCN(Cc2ccc(C(=O)OC)cc2)CC1. The normalized spacial score (nSPS) is 15.7. The second-order valence-electron chi connectivity index (χ2n) is 7.69. The van der Waals surface area contributed by atoms with E-state index < -0.39 is 0 Å². The molecule has 0 radical (unpaired) electrons. The molecule has 0 amide bonds. The van der Waals surface area contributed by atoms with E-state index in [0.717, 1.165) is 62.3 Å². The molecule has 1 aliphatic heterocycles. The lowest BCUT2D eigenvalue weighted by Crippen LogP contribution is -2.34. The van der Waals surface area contributed by atoms with Crippen molar-refractivity contribution in [3.05, 3.63) is 59.5 Å². The van der Waals surface area contributed by atoms with E-state index in [-0.39, 0.29) is 5.97 Å². The van der Waals surface area contributed by atoms with Crippen molar-refractivity contribution in [3.8, 4) is 0 Å². The number of fused-ring (bicyclic) bond motifs is 1. The number of esters is 1. The molecular formula is C23H28N4O2. The monoisotopic (exact) mass is 392 g/mol. The van der Waals surface area contributed by atoms with Gasteiger partial charge in [-0.15, -0.1) is 0 Å². The van der Waals surface area contributed by atoms with E-state index >= 15 is 0 Å². The molecule has 0 saturated carbocycles. The van der Waals surface area contributed by atoms with Crippen molar-refractivity contribution in [2.45, 2.75) is 45.2 Å². The molecule has 1 fully saturated rings. The molecule has 1 aromatic carbocycles. The number of aryl methyl sites for hydroxylation is 1. The highest BCUT2D eigenvalue weighted by molar-refractivity contribution is 5.89. The minimum absolute atomic E-state index is 0.290. The van der Waals surface area contributed by atoms with Crippen molar-refractivity contribution in [1.82, 2.24) is 19.4 Å². The number of carbonyl (C=O) groups is 1. The lowest BCUT2D eigenvalue weighted by Gasteiger charge is -2.33. The van der Waals surface area contributed by atoms with E-state index in [1.54, 1.807) is 0 Å². The zero-order chi connectivity index (χ0) is 20.2. The number of hydrogen-bond acceptors (Lipinski definition) is 5. The summed E-state index contributed by atoms with van der Waals surface area (Å²) in [6, 6.07) is 12.2. The quantitative estimate of drug-likeness (QED) is 0.593. The smallest absolute Gasteiger partial charge is 0.337 e. The van der Waals surface area contributed by atoms with E-state index in [2.05, 4.69) is 27.4 Å². The Bertz CT molecular complexity index is 972. The van der Waals surface area contributed by atoms with Crippen LogP contribution in [0.4, 0.5) is 0 Å². The molecule has 1 aliphatic rings. The number of carbonyl (C=O) groups excluding carboxylic acids is 1. The van der Waals surface area contributed by atoms with Crippen LogP contribution in [0, 0.1) is 0 Å². The summed E-state index contributed by atoms with van der Waals surface area (Å²) in [7, 11) is 1.41. The number of rotatable bonds is 6. The van der Waals surface area contributed by atoms with Gasteiger partial charge in [-0.25, -0.2) is 14.8 Å². The molecule has 0 unspecified atom stereocenters. The number of nitrogens with zero attached hydrogens (tertiary/aromatic N) is 4. The highest BCUT2D eigenvalue weighted by Crippen LogP contribution is 2.29. The van der Waals surface area contributed by atoms with Crippen molar-refractivity contribution < 1.29 is 9.53 Å². The van der Waals surface area contributed by atoms with Gasteiger partial charge in [0, 0.05) is 38.3 Å². The minimum atomic E-state index is -0.290. The van der Waals surface area contributed by atoms with Crippen LogP contribution in [0.2, 0.25) is 0 Å². The Labute approximate surface area is 171 Å². The van der Waals surface area contributed by atoms with Crippen LogP contribution in [0.3, 0.4) is 0 Å². The lowest BCUT2D eigenvalue weighted by atomic mass is 10.0. The Morgan fingerprint density at radius 1 is 1.17 bits per heavy atom. The van der Waals surface area contributed by atoms with Gasteiger partial charge in [0.15, 0.2) is 5.65 Å². The van der Waals surface area contributed by atoms with Gasteiger partial charge in [0.2, 0.25) is 0 Å². The summed E-state index contributed by atoms with van der Waals surface area (Å²) < 4.78 is 7.16. The number of methoxy groups -OCH3 is 1. The van der Waals surface area contributed by atoms with Gasteiger partial charge < -0.3 is 9.30 Å². The highest BCUT2D eigenvalue weighted by Gasteiger charge is 2.24. The lowest BCUT2D eigenvalue weighted by molar-refractivity contribution is 0.0600. The summed E-state index contributed by atoms with van der Waals surface area (Å²) in [5, 5.41) is 0. The average molecular weight is 393 g/mol. The largest absolute Gasteiger partial charge is 0.465 e. The second kappa shape index (κ2) is 8.74. The molecule has 152 valence electrons. The average Bonchev–Trinajstić information content (AvgIpc) is 3.12. The highest BCUT2D eigenvalue weighted by atomic mass is 16.5. The van der Waals surface area contributed by atoms with Gasteiger partial charge in [0.1, 0.15) is 11.3 Å². The van der Waals surface area contributed by atoms with E-state index in [4.69, 9.17) is 9.72 Å². The predicted molar refractivity (Wildman–Crippen MR) is 113 cm³/mol. The Morgan fingerprint density at radius 2 is 1.93 bits per heavy atom. The number of benzene rings is 1. The molecule has 6 nitrogen and oxygen atoms in total. The molecule has 29 heavy (non-hydrogen) atoms. The Morgan fingerprint density at radius 3 is 2.62 bits per heavy atom. The third-order valence-corrected chi connectivity index (χ3v) is 5.70. The van der Waals surface area contributed by atoms with Crippen LogP contribution in [0.25, 0.3) is 11.2 Å². The number of imidazole rings is 1. The van der Waals surface area contributed by atoms with E-state index in [0.29, 0.717) is 11.6 Å².